The Hall–Kier alpha value is -0.640. The lowest BCUT2D eigenvalue weighted by atomic mass is 9.92. The summed E-state index contributed by atoms with van der Waals surface area (Å²) >= 11 is 1.50. The number of nitrogens with one attached hydrogen (secondary N) is 1. The Morgan fingerprint density at radius 2 is 2.13 bits per heavy atom. The first-order chi connectivity index (χ1) is 7.04. The standard InChI is InChI=1S/C11H19N3S/c1-11(2,3)6-7-12-10-13-9(14-15-10)8-4-5-8/h8H,4-7H2,1-3H3,(H,12,13,14). The lowest BCUT2D eigenvalue weighted by Gasteiger charge is -2.17. The van der Waals surface area contributed by atoms with Gasteiger partial charge < -0.3 is 5.32 Å². The fourth-order valence-corrected chi connectivity index (χ4v) is 2.03. The normalized spacial score (nSPS) is 16.7. The molecule has 0 amide bonds. The van der Waals surface area contributed by atoms with Gasteiger partial charge in [-0.2, -0.15) is 4.37 Å². The lowest BCUT2D eigenvalue weighted by Crippen LogP contribution is -2.12. The molecule has 1 saturated carbocycles. The molecule has 0 spiro atoms. The molecule has 84 valence electrons. The van der Waals surface area contributed by atoms with Crippen molar-refractivity contribution >= 4 is 16.7 Å². The summed E-state index contributed by atoms with van der Waals surface area (Å²) in [6, 6.07) is 0. The summed E-state index contributed by atoms with van der Waals surface area (Å²) in [7, 11) is 0. The molecule has 2 rings (SSSR count). The molecule has 0 radical (unpaired) electrons. The van der Waals surface area contributed by atoms with E-state index in [-0.39, 0.29) is 0 Å². The molecule has 0 atom stereocenters. The van der Waals surface area contributed by atoms with Crippen molar-refractivity contribution in [2.45, 2.75) is 46.0 Å². The molecule has 0 saturated heterocycles. The molecule has 3 nitrogen and oxygen atoms in total. The van der Waals surface area contributed by atoms with Crippen LogP contribution in [0.15, 0.2) is 0 Å². The van der Waals surface area contributed by atoms with Gasteiger partial charge >= 0.3 is 0 Å². The lowest BCUT2D eigenvalue weighted by molar-refractivity contribution is 0.390. The Labute approximate surface area is 95.5 Å². The van der Waals surface area contributed by atoms with Crippen molar-refractivity contribution in [2.24, 2.45) is 5.41 Å². The fourth-order valence-electron chi connectivity index (χ4n) is 1.36. The Bertz CT molecular complexity index is 323. The zero-order chi connectivity index (χ0) is 10.9. The molecule has 4 heteroatoms. The molecule has 1 aromatic rings. The second-order valence-corrected chi connectivity index (χ2v) is 6.22. The molecule has 0 aliphatic heterocycles. The minimum Gasteiger partial charge on any atom is -0.360 e. The van der Waals surface area contributed by atoms with E-state index in [0.29, 0.717) is 11.3 Å². The van der Waals surface area contributed by atoms with Crippen LogP contribution in [0.2, 0.25) is 0 Å². The zero-order valence-electron chi connectivity index (χ0n) is 9.71. The van der Waals surface area contributed by atoms with Crippen molar-refractivity contribution in [3.63, 3.8) is 0 Å². The van der Waals surface area contributed by atoms with E-state index in [2.05, 4.69) is 35.4 Å². The first-order valence-corrected chi connectivity index (χ1v) is 6.39. The van der Waals surface area contributed by atoms with Crippen LogP contribution >= 0.6 is 11.5 Å². The average Bonchev–Trinajstić information content (AvgIpc) is 2.86. The molecule has 15 heavy (non-hydrogen) atoms. The molecule has 1 fully saturated rings. The van der Waals surface area contributed by atoms with Gasteiger partial charge in [-0.05, 0) is 24.7 Å². The number of aromatic nitrogens is 2. The highest BCUT2D eigenvalue weighted by Gasteiger charge is 2.27. The average molecular weight is 225 g/mol. The third-order valence-electron chi connectivity index (χ3n) is 2.54. The smallest absolute Gasteiger partial charge is 0.202 e. The fraction of sp³-hybridized carbons (Fsp3) is 0.818. The summed E-state index contributed by atoms with van der Waals surface area (Å²) in [4.78, 5) is 4.49. The van der Waals surface area contributed by atoms with Gasteiger partial charge in [0.15, 0.2) is 0 Å². The molecule has 1 heterocycles. The van der Waals surface area contributed by atoms with Crippen LogP contribution in [0.3, 0.4) is 0 Å². The summed E-state index contributed by atoms with van der Waals surface area (Å²) in [5, 5.41) is 4.34. The number of nitrogens with zero attached hydrogens (tertiary/aromatic N) is 2. The quantitative estimate of drug-likeness (QED) is 0.854. The van der Waals surface area contributed by atoms with Crippen molar-refractivity contribution in [3.05, 3.63) is 5.82 Å². The number of hydrogen-bond donors (Lipinski definition) is 1. The summed E-state index contributed by atoms with van der Waals surface area (Å²) in [5.41, 5.74) is 0.386. The van der Waals surface area contributed by atoms with E-state index >= 15 is 0 Å². The van der Waals surface area contributed by atoms with Crippen molar-refractivity contribution < 1.29 is 0 Å². The summed E-state index contributed by atoms with van der Waals surface area (Å²) in [5.74, 6) is 1.72. The third kappa shape index (κ3) is 3.45. The van der Waals surface area contributed by atoms with Gasteiger partial charge in [0.2, 0.25) is 5.13 Å². The maximum atomic E-state index is 4.49. The zero-order valence-corrected chi connectivity index (χ0v) is 10.5. The predicted octanol–water partition coefficient (Wildman–Crippen LogP) is 3.26. The van der Waals surface area contributed by atoms with E-state index in [1.54, 1.807) is 0 Å². The van der Waals surface area contributed by atoms with Crippen LogP contribution < -0.4 is 5.32 Å². The third-order valence-corrected chi connectivity index (χ3v) is 3.22. The molecule has 1 N–H and O–H groups in total. The van der Waals surface area contributed by atoms with Crippen molar-refractivity contribution in [1.29, 1.82) is 0 Å². The first-order valence-electron chi connectivity index (χ1n) is 5.62. The molecule has 0 bridgehead atoms. The highest BCUT2D eigenvalue weighted by Crippen LogP contribution is 2.39. The molecule has 0 unspecified atom stereocenters. The van der Waals surface area contributed by atoms with Crippen molar-refractivity contribution in [2.75, 3.05) is 11.9 Å². The monoisotopic (exact) mass is 225 g/mol. The van der Waals surface area contributed by atoms with Crippen molar-refractivity contribution in [1.82, 2.24) is 9.36 Å². The number of rotatable bonds is 4. The molecular formula is C11H19N3S. The van der Waals surface area contributed by atoms with Crippen LogP contribution in [0.4, 0.5) is 5.13 Å². The van der Waals surface area contributed by atoms with Crippen LogP contribution in [0.5, 0.6) is 0 Å². The van der Waals surface area contributed by atoms with E-state index in [9.17, 15) is 0 Å². The van der Waals surface area contributed by atoms with E-state index in [1.807, 2.05) is 0 Å². The first kappa shape index (κ1) is 10.9. The van der Waals surface area contributed by atoms with E-state index in [1.165, 1.54) is 24.4 Å². The molecule has 1 aromatic heterocycles. The number of hydrogen-bond acceptors (Lipinski definition) is 4. The van der Waals surface area contributed by atoms with Gasteiger partial charge in [0.25, 0.3) is 0 Å². The summed E-state index contributed by atoms with van der Waals surface area (Å²) in [6.45, 7) is 7.75. The van der Waals surface area contributed by atoms with Gasteiger partial charge in [0.1, 0.15) is 5.82 Å². The highest BCUT2D eigenvalue weighted by molar-refractivity contribution is 7.09. The van der Waals surface area contributed by atoms with Gasteiger partial charge in [0, 0.05) is 24.0 Å². The minimum atomic E-state index is 0.386. The van der Waals surface area contributed by atoms with Crippen LogP contribution in [0.1, 0.15) is 51.8 Å². The van der Waals surface area contributed by atoms with E-state index in [0.717, 1.165) is 23.9 Å². The SMILES string of the molecule is CC(C)(C)CCNc1nc(C2CC2)ns1. The van der Waals surface area contributed by atoms with Gasteiger partial charge in [-0.15, -0.1) is 0 Å². The largest absolute Gasteiger partial charge is 0.360 e. The van der Waals surface area contributed by atoms with Gasteiger partial charge in [-0.3, -0.25) is 0 Å². The Morgan fingerprint density at radius 3 is 2.73 bits per heavy atom. The van der Waals surface area contributed by atoms with Crippen LogP contribution in [-0.2, 0) is 0 Å². The Kier molecular flexibility index (Phi) is 2.96. The summed E-state index contributed by atoms with van der Waals surface area (Å²) < 4.78 is 4.36. The minimum absolute atomic E-state index is 0.386. The van der Waals surface area contributed by atoms with Gasteiger partial charge in [-0.25, -0.2) is 4.98 Å². The van der Waals surface area contributed by atoms with Crippen LogP contribution in [0, 0.1) is 5.41 Å². The van der Waals surface area contributed by atoms with Crippen molar-refractivity contribution in [3.8, 4) is 0 Å². The molecule has 0 aromatic carbocycles. The maximum absolute atomic E-state index is 4.49. The molecular weight excluding hydrogens is 206 g/mol. The topological polar surface area (TPSA) is 37.8 Å². The second kappa shape index (κ2) is 4.08. The number of anilines is 1. The summed E-state index contributed by atoms with van der Waals surface area (Å²) in [6.07, 6.45) is 3.71. The van der Waals surface area contributed by atoms with Crippen LogP contribution in [0.25, 0.3) is 0 Å². The Morgan fingerprint density at radius 1 is 1.40 bits per heavy atom. The molecule has 1 aliphatic rings. The van der Waals surface area contributed by atoms with Gasteiger partial charge in [-0.1, -0.05) is 20.8 Å². The second-order valence-electron chi connectivity index (χ2n) is 5.47. The van der Waals surface area contributed by atoms with Crippen LogP contribution in [-0.4, -0.2) is 15.9 Å². The van der Waals surface area contributed by atoms with Gasteiger partial charge in [0.05, 0.1) is 0 Å². The van der Waals surface area contributed by atoms with E-state index in [4.69, 9.17) is 0 Å². The predicted molar refractivity (Wildman–Crippen MR) is 64.4 cm³/mol. The highest BCUT2D eigenvalue weighted by atomic mass is 32.1. The molecule has 1 aliphatic carbocycles. The Balaban J connectivity index is 1.78. The maximum Gasteiger partial charge on any atom is 0.202 e. The van der Waals surface area contributed by atoms with E-state index < -0.39 is 0 Å².